The molecule has 0 bridgehead atoms. The number of carbonyl (C=O) groups excluding carboxylic acids is 1. The minimum Gasteiger partial charge on any atom is -0.359 e. The number of nitrogens with zero attached hydrogens (tertiary/aromatic N) is 1. The highest BCUT2D eigenvalue weighted by Gasteiger charge is 2.39. The fourth-order valence-corrected chi connectivity index (χ4v) is 2.09. The Kier molecular flexibility index (Phi) is 3.52. The van der Waals surface area contributed by atoms with Crippen molar-refractivity contribution in [3.8, 4) is 0 Å². The minimum atomic E-state index is -4.39. The number of halogens is 4. The molecule has 0 amide bonds. The van der Waals surface area contributed by atoms with E-state index in [1.165, 1.54) is 12.1 Å². The van der Waals surface area contributed by atoms with Crippen molar-refractivity contribution in [2.24, 2.45) is 0 Å². The van der Waals surface area contributed by atoms with Crippen LogP contribution in [0.1, 0.15) is 30.1 Å². The first kappa shape index (κ1) is 13.8. The van der Waals surface area contributed by atoms with Crippen LogP contribution in [0.3, 0.4) is 0 Å². The van der Waals surface area contributed by atoms with Crippen LogP contribution in [0.2, 0.25) is 0 Å². The quantitative estimate of drug-likeness (QED) is 0.618. The van der Waals surface area contributed by atoms with E-state index in [1.807, 2.05) is 0 Å². The van der Waals surface area contributed by atoms with E-state index in [4.69, 9.17) is 0 Å². The van der Waals surface area contributed by atoms with E-state index in [1.54, 1.807) is 0 Å². The van der Waals surface area contributed by atoms with Crippen molar-refractivity contribution in [1.29, 1.82) is 0 Å². The lowest BCUT2D eigenvalue weighted by molar-refractivity contribution is -0.120. The summed E-state index contributed by atoms with van der Waals surface area (Å²) in [6.07, 6.45) is -3.13. The Hall–Kier alpha value is -1.59. The smallest absolute Gasteiger partial charge is 0.359 e. The molecule has 0 N–H and O–H groups in total. The molecule has 1 aliphatic rings. The van der Waals surface area contributed by atoms with Gasteiger partial charge in [-0.3, -0.25) is 4.79 Å². The van der Waals surface area contributed by atoms with Crippen LogP contribution < -0.4 is 4.90 Å². The van der Waals surface area contributed by atoms with E-state index in [9.17, 15) is 22.4 Å². The van der Waals surface area contributed by atoms with Gasteiger partial charge in [-0.2, -0.15) is 13.2 Å². The zero-order valence-electron chi connectivity index (χ0n) is 10.3. The summed E-state index contributed by atoms with van der Waals surface area (Å²) >= 11 is 0. The van der Waals surface area contributed by atoms with Crippen LogP contribution in [0.4, 0.5) is 23.2 Å². The summed E-state index contributed by atoms with van der Waals surface area (Å²) in [5, 5.41) is 0. The number of alkyl halides is 3. The van der Waals surface area contributed by atoms with E-state index < -0.39 is 24.3 Å². The van der Waals surface area contributed by atoms with Crippen LogP contribution in [0.5, 0.6) is 0 Å². The Labute approximate surface area is 108 Å². The number of Topliss-reactive ketones (excluding diaryl/α,β-unsaturated/α-hetero) is 1. The molecule has 1 aliphatic carbocycles. The van der Waals surface area contributed by atoms with Crippen LogP contribution in [-0.4, -0.2) is 24.5 Å². The highest BCUT2D eigenvalue weighted by atomic mass is 19.4. The summed E-state index contributed by atoms with van der Waals surface area (Å²) in [5.41, 5.74) is -0.231. The van der Waals surface area contributed by atoms with Crippen LogP contribution >= 0.6 is 0 Å². The second-order valence-corrected chi connectivity index (χ2v) is 4.66. The first-order valence-electron chi connectivity index (χ1n) is 5.92. The molecule has 0 saturated heterocycles. The first-order valence-corrected chi connectivity index (χ1v) is 5.92. The molecule has 6 heteroatoms. The van der Waals surface area contributed by atoms with Gasteiger partial charge in [-0.1, -0.05) is 6.07 Å². The molecule has 0 aromatic heterocycles. The van der Waals surface area contributed by atoms with Gasteiger partial charge in [0.2, 0.25) is 0 Å². The molecule has 1 aromatic carbocycles. The molecule has 1 aromatic rings. The van der Waals surface area contributed by atoms with Crippen molar-refractivity contribution in [3.63, 3.8) is 0 Å². The average molecular weight is 275 g/mol. The van der Waals surface area contributed by atoms with E-state index in [2.05, 4.69) is 0 Å². The number of ketones is 1. The predicted molar refractivity (Wildman–Crippen MR) is 62.8 cm³/mol. The Bertz CT molecular complexity index is 494. The molecule has 19 heavy (non-hydrogen) atoms. The zero-order chi connectivity index (χ0) is 14.2. The van der Waals surface area contributed by atoms with Gasteiger partial charge in [0.1, 0.15) is 12.4 Å². The maximum absolute atomic E-state index is 13.6. The molecule has 0 unspecified atom stereocenters. The molecule has 0 heterocycles. The van der Waals surface area contributed by atoms with Gasteiger partial charge >= 0.3 is 6.18 Å². The van der Waals surface area contributed by atoms with E-state index in [0.717, 1.165) is 17.9 Å². The molecular weight excluding hydrogens is 262 g/mol. The van der Waals surface area contributed by atoms with Gasteiger partial charge in [0.15, 0.2) is 5.78 Å². The average Bonchev–Trinajstić information content (AvgIpc) is 3.07. The number of benzene rings is 1. The number of rotatable bonds is 4. The maximum atomic E-state index is 13.6. The molecular formula is C13H13F4NO. The van der Waals surface area contributed by atoms with E-state index >= 15 is 0 Å². The fourth-order valence-electron chi connectivity index (χ4n) is 2.09. The van der Waals surface area contributed by atoms with Crippen molar-refractivity contribution in [2.75, 3.05) is 11.4 Å². The third-order valence-electron chi connectivity index (χ3n) is 2.99. The van der Waals surface area contributed by atoms with Crippen LogP contribution in [0.25, 0.3) is 0 Å². The van der Waals surface area contributed by atoms with Crippen molar-refractivity contribution >= 4 is 11.5 Å². The summed E-state index contributed by atoms with van der Waals surface area (Å²) < 4.78 is 51.4. The molecule has 2 nitrogen and oxygen atoms in total. The summed E-state index contributed by atoms with van der Waals surface area (Å²) in [5.74, 6) is -1.35. The number of hydrogen-bond donors (Lipinski definition) is 0. The van der Waals surface area contributed by atoms with Crippen LogP contribution in [-0.2, 0) is 0 Å². The predicted octanol–water partition coefficient (Wildman–Crippen LogP) is 3.56. The van der Waals surface area contributed by atoms with Crippen LogP contribution in [0.15, 0.2) is 18.2 Å². The lowest BCUT2D eigenvalue weighted by Crippen LogP contribution is -2.37. The molecule has 0 aliphatic heterocycles. The Morgan fingerprint density at radius 2 is 2.00 bits per heavy atom. The lowest BCUT2D eigenvalue weighted by atomic mass is 10.1. The molecule has 0 spiro atoms. The van der Waals surface area contributed by atoms with Crippen molar-refractivity contribution < 1.29 is 22.4 Å². The van der Waals surface area contributed by atoms with Gasteiger partial charge in [-0.25, -0.2) is 4.39 Å². The Morgan fingerprint density at radius 1 is 1.37 bits per heavy atom. The highest BCUT2D eigenvalue weighted by Crippen LogP contribution is 2.36. The number of carbonyl (C=O) groups is 1. The van der Waals surface area contributed by atoms with Gasteiger partial charge < -0.3 is 4.90 Å². The summed E-state index contributed by atoms with van der Waals surface area (Å²) in [4.78, 5) is 12.5. The SMILES string of the molecule is CC(=O)c1c(F)cccc1N(CC(F)(F)F)C1CC1. The number of hydrogen-bond acceptors (Lipinski definition) is 2. The fraction of sp³-hybridized carbons (Fsp3) is 0.462. The maximum Gasteiger partial charge on any atom is 0.405 e. The van der Waals surface area contributed by atoms with E-state index in [-0.39, 0.29) is 17.3 Å². The van der Waals surface area contributed by atoms with Crippen molar-refractivity contribution in [1.82, 2.24) is 0 Å². The Balaban J connectivity index is 2.42. The standard InChI is InChI=1S/C13H13F4NO/c1-8(19)12-10(14)3-2-4-11(12)18(9-5-6-9)7-13(15,16)17/h2-4,9H,5-7H2,1H3. The molecule has 1 fully saturated rings. The van der Waals surface area contributed by atoms with Crippen molar-refractivity contribution in [2.45, 2.75) is 32.0 Å². The normalized spacial score (nSPS) is 15.4. The molecule has 104 valence electrons. The second-order valence-electron chi connectivity index (χ2n) is 4.66. The van der Waals surface area contributed by atoms with Gasteiger partial charge in [-0.15, -0.1) is 0 Å². The van der Waals surface area contributed by atoms with Gasteiger partial charge in [0.05, 0.1) is 11.3 Å². The molecule has 0 atom stereocenters. The third-order valence-corrected chi connectivity index (χ3v) is 2.99. The number of anilines is 1. The Morgan fingerprint density at radius 3 is 2.47 bits per heavy atom. The summed E-state index contributed by atoms with van der Waals surface area (Å²) in [6, 6.07) is 3.51. The zero-order valence-corrected chi connectivity index (χ0v) is 10.3. The topological polar surface area (TPSA) is 20.3 Å². The molecule has 1 saturated carbocycles. The van der Waals surface area contributed by atoms with Gasteiger partial charge in [0, 0.05) is 6.04 Å². The van der Waals surface area contributed by atoms with E-state index in [0.29, 0.717) is 12.8 Å². The monoisotopic (exact) mass is 275 g/mol. The lowest BCUT2D eigenvalue weighted by Gasteiger charge is -2.27. The van der Waals surface area contributed by atoms with Crippen molar-refractivity contribution in [3.05, 3.63) is 29.6 Å². The highest BCUT2D eigenvalue weighted by molar-refractivity contribution is 6.00. The van der Waals surface area contributed by atoms with Crippen LogP contribution in [0, 0.1) is 5.82 Å². The summed E-state index contributed by atoms with van der Waals surface area (Å²) in [6.45, 7) is -0.0119. The largest absolute Gasteiger partial charge is 0.405 e. The molecule has 2 rings (SSSR count). The van der Waals surface area contributed by atoms with Gasteiger partial charge in [0.25, 0.3) is 0 Å². The minimum absolute atomic E-state index is 0.0346. The molecule has 0 radical (unpaired) electrons. The second kappa shape index (κ2) is 4.83. The van der Waals surface area contributed by atoms with Gasteiger partial charge in [-0.05, 0) is 31.9 Å². The third kappa shape index (κ3) is 3.24. The first-order chi connectivity index (χ1) is 8.79. The summed E-state index contributed by atoms with van der Waals surface area (Å²) in [7, 11) is 0.